The van der Waals surface area contributed by atoms with Crippen molar-refractivity contribution in [2.45, 2.75) is 44.1 Å². The topological polar surface area (TPSA) is 66.2 Å². The summed E-state index contributed by atoms with van der Waals surface area (Å²) in [6.07, 6.45) is 1.44. The quantitative estimate of drug-likeness (QED) is 0.510. The number of rotatable bonds is 4. The first-order chi connectivity index (χ1) is 17.8. The first-order valence-electron chi connectivity index (χ1n) is 12.5. The molecule has 0 bridgehead atoms. The van der Waals surface area contributed by atoms with Crippen molar-refractivity contribution >= 4 is 17.5 Å². The van der Waals surface area contributed by atoms with E-state index in [9.17, 15) is 13.2 Å². The van der Waals surface area contributed by atoms with Crippen molar-refractivity contribution in [2.75, 3.05) is 37.6 Å². The molecule has 0 N–H and O–H groups in total. The summed E-state index contributed by atoms with van der Waals surface area (Å²) in [5.74, 6) is 2.89. The lowest BCUT2D eigenvalue weighted by atomic mass is 9.57. The second-order valence-corrected chi connectivity index (χ2v) is 11.4. The Morgan fingerprint density at radius 3 is 2.51 bits per heavy atom. The summed E-state index contributed by atoms with van der Waals surface area (Å²) in [7, 11) is 0. The smallest absolute Gasteiger partial charge is 0.340 e. The van der Waals surface area contributed by atoms with Gasteiger partial charge in [0.1, 0.15) is 5.82 Å². The molecular weight excluding hydrogens is 505 g/mol. The largest absolute Gasteiger partial charge is 0.401 e. The molecule has 0 unspecified atom stereocenters. The van der Waals surface area contributed by atoms with Crippen LogP contribution in [0.5, 0.6) is 0 Å². The van der Waals surface area contributed by atoms with E-state index in [0.29, 0.717) is 37.1 Å². The fourth-order valence-electron chi connectivity index (χ4n) is 6.51. The Balaban J connectivity index is 1.10. The van der Waals surface area contributed by atoms with Crippen molar-refractivity contribution in [2.24, 2.45) is 5.41 Å². The first-order valence-corrected chi connectivity index (χ1v) is 12.9. The van der Waals surface area contributed by atoms with Crippen LogP contribution in [0.4, 0.5) is 19.1 Å². The van der Waals surface area contributed by atoms with Gasteiger partial charge >= 0.3 is 6.18 Å². The molecule has 1 aromatic carbocycles. The lowest BCUT2D eigenvalue weighted by Gasteiger charge is -2.58. The number of fused-ring (bicyclic) bond motifs is 3. The lowest BCUT2D eigenvalue weighted by Crippen LogP contribution is -2.62. The fourth-order valence-corrected chi connectivity index (χ4v) is 6.71. The summed E-state index contributed by atoms with van der Waals surface area (Å²) in [5.41, 5.74) is 2.33. The van der Waals surface area contributed by atoms with E-state index in [2.05, 4.69) is 34.5 Å². The van der Waals surface area contributed by atoms with Gasteiger partial charge in [0, 0.05) is 67.5 Å². The number of alkyl halides is 3. The Morgan fingerprint density at radius 1 is 1.03 bits per heavy atom. The van der Waals surface area contributed by atoms with Crippen molar-refractivity contribution in [3.8, 4) is 5.69 Å². The number of benzene rings is 1. The van der Waals surface area contributed by atoms with Crippen molar-refractivity contribution in [1.29, 1.82) is 0 Å². The minimum Gasteiger partial charge on any atom is -0.340 e. The average Bonchev–Trinajstić information content (AvgIpc) is 3.09. The molecule has 1 aliphatic carbocycles. The maximum absolute atomic E-state index is 12.8. The minimum absolute atomic E-state index is 0.0361. The predicted octanol–water partition coefficient (Wildman–Crippen LogP) is 3.66. The molecule has 37 heavy (non-hydrogen) atoms. The van der Waals surface area contributed by atoms with Crippen molar-refractivity contribution < 1.29 is 13.2 Å². The zero-order chi connectivity index (χ0) is 25.4. The normalized spacial score (nSPS) is 22.1. The van der Waals surface area contributed by atoms with Crippen LogP contribution in [0.15, 0.2) is 36.7 Å². The Morgan fingerprint density at radius 2 is 1.78 bits per heavy atom. The maximum atomic E-state index is 12.8. The third-order valence-electron chi connectivity index (χ3n) is 8.22. The van der Waals surface area contributed by atoms with Gasteiger partial charge in [-0.1, -0.05) is 11.6 Å². The average molecular weight is 531 g/mol. The Labute approximate surface area is 217 Å². The van der Waals surface area contributed by atoms with Crippen LogP contribution < -0.4 is 4.90 Å². The number of halogens is 4. The number of hydrogen-bond donors (Lipinski definition) is 0. The molecule has 2 saturated heterocycles. The fraction of sp³-hybridized carbons (Fsp3) is 0.520. The maximum Gasteiger partial charge on any atom is 0.401 e. The van der Waals surface area contributed by atoms with Crippen molar-refractivity contribution in [3.63, 3.8) is 0 Å². The van der Waals surface area contributed by atoms with Gasteiger partial charge in [-0.2, -0.15) is 13.2 Å². The van der Waals surface area contributed by atoms with Crippen LogP contribution in [0, 0.1) is 5.41 Å². The monoisotopic (exact) mass is 530 g/mol. The molecule has 3 aliphatic heterocycles. The SMILES string of the molecule is FC(F)(F)CN1CC(N2Cc3cc(Cl)ccc3-n3c(nnc3C3CC4(C3)CN(c3ncccn3)C4)C2)C1. The van der Waals surface area contributed by atoms with Gasteiger partial charge in [0.05, 0.1) is 18.8 Å². The summed E-state index contributed by atoms with van der Waals surface area (Å²) in [5, 5.41) is 9.86. The van der Waals surface area contributed by atoms with E-state index >= 15 is 0 Å². The highest BCUT2D eigenvalue weighted by Crippen LogP contribution is 2.56. The molecule has 1 spiro atoms. The molecule has 0 atom stereocenters. The van der Waals surface area contributed by atoms with Crippen LogP contribution in [-0.2, 0) is 13.1 Å². The van der Waals surface area contributed by atoms with E-state index in [1.54, 1.807) is 12.4 Å². The van der Waals surface area contributed by atoms with Gasteiger partial charge in [-0.25, -0.2) is 9.97 Å². The summed E-state index contributed by atoms with van der Waals surface area (Å²) in [6.45, 7) is 2.98. The molecule has 4 aliphatic rings. The minimum atomic E-state index is -4.18. The molecule has 3 aromatic rings. The van der Waals surface area contributed by atoms with Crippen molar-refractivity contribution in [3.05, 3.63) is 58.9 Å². The van der Waals surface area contributed by atoms with E-state index in [-0.39, 0.29) is 11.5 Å². The molecule has 5 heterocycles. The zero-order valence-corrected chi connectivity index (χ0v) is 20.8. The number of nitrogens with zero attached hydrogens (tertiary/aromatic N) is 8. The summed E-state index contributed by atoms with van der Waals surface area (Å²) in [6, 6.07) is 7.71. The van der Waals surface area contributed by atoms with Gasteiger partial charge in [-0.15, -0.1) is 10.2 Å². The Kier molecular flexibility index (Phi) is 5.29. The van der Waals surface area contributed by atoms with Gasteiger partial charge in [0.15, 0.2) is 5.82 Å². The standard InChI is InChI=1S/C25H26ClF3N8/c26-18-2-3-20-16(6-18)9-35(19-10-34(11-19)15-25(27,28)29)12-21-32-33-22(37(20)21)17-7-24(8-17)13-36(14-24)23-30-4-1-5-31-23/h1-6,17,19H,7-15H2. The molecular formula is C25H26ClF3N8. The highest BCUT2D eigenvalue weighted by Gasteiger charge is 2.55. The second kappa shape index (κ2) is 8.37. The number of hydrogen-bond acceptors (Lipinski definition) is 7. The number of anilines is 1. The van der Waals surface area contributed by atoms with Gasteiger partial charge < -0.3 is 4.90 Å². The second-order valence-electron chi connectivity index (χ2n) is 11.0. The van der Waals surface area contributed by atoms with E-state index in [4.69, 9.17) is 11.6 Å². The molecule has 0 amide bonds. The van der Waals surface area contributed by atoms with Gasteiger partial charge in [-0.3, -0.25) is 14.4 Å². The van der Waals surface area contributed by atoms with Crippen LogP contribution in [0.2, 0.25) is 5.02 Å². The van der Waals surface area contributed by atoms with E-state index in [1.807, 2.05) is 24.3 Å². The van der Waals surface area contributed by atoms with E-state index in [1.165, 1.54) is 4.90 Å². The zero-order valence-electron chi connectivity index (χ0n) is 20.1. The molecule has 7 rings (SSSR count). The van der Waals surface area contributed by atoms with Crippen molar-refractivity contribution in [1.82, 2.24) is 34.5 Å². The van der Waals surface area contributed by atoms with E-state index < -0.39 is 12.7 Å². The Bertz CT molecular complexity index is 1310. The molecule has 12 heteroatoms. The Hall–Kier alpha value is -2.76. The van der Waals surface area contributed by atoms with Gasteiger partial charge in [-0.05, 0) is 42.7 Å². The highest BCUT2D eigenvalue weighted by atomic mass is 35.5. The molecule has 1 saturated carbocycles. The van der Waals surface area contributed by atoms with Crippen LogP contribution in [0.1, 0.15) is 36.0 Å². The van der Waals surface area contributed by atoms with Crippen LogP contribution in [0.3, 0.4) is 0 Å². The van der Waals surface area contributed by atoms with Crippen LogP contribution in [-0.4, -0.2) is 79.5 Å². The summed E-state index contributed by atoms with van der Waals surface area (Å²) in [4.78, 5) is 14.6. The lowest BCUT2D eigenvalue weighted by molar-refractivity contribution is -0.161. The van der Waals surface area contributed by atoms with Gasteiger partial charge in [0.2, 0.25) is 5.95 Å². The molecule has 0 radical (unpaired) electrons. The highest BCUT2D eigenvalue weighted by molar-refractivity contribution is 6.30. The third kappa shape index (κ3) is 4.17. The first kappa shape index (κ1) is 23.4. The number of likely N-dealkylation sites (tertiary alicyclic amines) is 1. The van der Waals surface area contributed by atoms with Gasteiger partial charge in [0.25, 0.3) is 0 Å². The van der Waals surface area contributed by atoms with Crippen LogP contribution in [0.25, 0.3) is 5.69 Å². The predicted molar refractivity (Wildman–Crippen MR) is 131 cm³/mol. The molecule has 2 aromatic heterocycles. The molecule has 3 fully saturated rings. The third-order valence-corrected chi connectivity index (χ3v) is 8.46. The number of aromatic nitrogens is 5. The molecule has 194 valence electrons. The summed E-state index contributed by atoms with van der Waals surface area (Å²) >= 11 is 6.36. The van der Waals surface area contributed by atoms with E-state index in [0.717, 1.165) is 54.8 Å². The molecule has 8 nitrogen and oxygen atoms in total. The van der Waals surface area contributed by atoms with Crippen LogP contribution >= 0.6 is 11.6 Å². The summed E-state index contributed by atoms with van der Waals surface area (Å²) < 4.78 is 40.6.